The molecule has 0 unspecified atom stereocenters. The van der Waals surface area contributed by atoms with Crippen LogP contribution in [-0.4, -0.2) is 42.8 Å². The molecule has 1 aliphatic heterocycles. The predicted molar refractivity (Wildman–Crippen MR) is 111 cm³/mol. The summed E-state index contributed by atoms with van der Waals surface area (Å²) in [5.41, 5.74) is 3.13. The van der Waals surface area contributed by atoms with E-state index >= 15 is 0 Å². The molecule has 2 aromatic rings. The van der Waals surface area contributed by atoms with Crippen molar-refractivity contribution in [3.63, 3.8) is 0 Å². The molecule has 0 radical (unpaired) electrons. The van der Waals surface area contributed by atoms with Crippen LogP contribution in [0, 0.1) is 5.41 Å². The molecule has 1 N–H and O–H groups in total. The Morgan fingerprint density at radius 3 is 2.54 bits per heavy atom. The van der Waals surface area contributed by atoms with Gasteiger partial charge < -0.3 is 9.84 Å². The smallest absolute Gasteiger partial charge is 0.337 e. The third-order valence-electron chi connectivity index (χ3n) is 5.87. The molecule has 3 rings (SSSR count). The lowest BCUT2D eigenvalue weighted by Gasteiger charge is -2.42. The lowest BCUT2D eigenvalue weighted by atomic mass is 9.76. The normalized spacial score (nSPS) is 20.1. The second-order valence-electron chi connectivity index (χ2n) is 8.00. The molecule has 28 heavy (non-hydrogen) atoms. The summed E-state index contributed by atoms with van der Waals surface area (Å²) in [6.45, 7) is 3.08. The van der Waals surface area contributed by atoms with Crippen LogP contribution in [0.2, 0.25) is 0 Å². The van der Waals surface area contributed by atoms with E-state index in [4.69, 9.17) is 4.74 Å². The number of methoxy groups -OCH3 is 1. The van der Waals surface area contributed by atoms with Crippen molar-refractivity contribution in [2.24, 2.45) is 5.41 Å². The lowest BCUT2D eigenvalue weighted by molar-refractivity contribution is 0.0208. The summed E-state index contributed by atoms with van der Waals surface area (Å²) < 4.78 is 4.76. The van der Waals surface area contributed by atoms with Crippen LogP contribution in [0.15, 0.2) is 54.6 Å². The minimum absolute atomic E-state index is 0.00100. The topological polar surface area (TPSA) is 49.8 Å². The number of hydrogen-bond donors (Lipinski definition) is 1. The standard InChI is InChI=1S/C24H31NO3/c1-28-23(27)22-12-10-21(11-13-22)17-25-16-6-15-24(18-25,19-26)14-5-9-20-7-3-2-4-8-20/h2-4,7-8,10-13,26H,5-6,9,14-19H2,1H3/t24-/m1/s1. The first-order valence-corrected chi connectivity index (χ1v) is 10.2. The molecule has 0 amide bonds. The largest absolute Gasteiger partial charge is 0.465 e. The van der Waals surface area contributed by atoms with Crippen molar-refractivity contribution in [3.8, 4) is 0 Å². The molecule has 1 aliphatic rings. The SMILES string of the molecule is COC(=O)c1ccc(CN2CCC[C@](CO)(CCCc3ccccc3)C2)cc1. The van der Waals surface area contributed by atoms with Gasteiger partial charge in [0.1, 0.15) is 0 Å². The van der Waals surface area contributed by atoms with Crippen molar-refractivity contribution >= 4 is 5.97 Å². The Morgan fingerprint density at radius 2 is 1.86 bits per heavy atom. The zero-order valence-electron chi connectivity index (χ0n) is 16.8. The highest BCUT2D eigenvalue weighted by molar-refractivity contribution is 5.89. The molecule has 2 aromatic carbocycles. The number of carbonyl (C=O) groups is 1. The lowest BCUT2D eigenvalue weighted by Crippen LogP contribution is -2.45. The maximum atomic E-state index is 11.6. The number of aryl methyl sites for hydroxylation is 1. The highest BCUT2D eigenvalue weighted by Gasteiger charge is 2.34. The number of piperidine rings is 1. The quantitative estimate of drug-likeness (QED) is 0.700. The fraction of sp³-hybridized carbons (Fsp3) is 0.458. The van der Waals surface area contributed by atoms with Gasteiger partial charge >= 0.3 is 5.97 Å². The highest BCUT2D eigenvalue weighted by atomic mass is 16.5. The van der Waals surface area contributed by atoms with Crippen LogP contribution in [-0.2, 0) is 17.7 Å². The van der Waals surface area contributed by atoms with Gasteiger partial charge in [0, 0.05) is 25.1 Å². The maximum Gasteiger partial charge on any atom is 0.337 e. The number of aliphatic hydroxyl groups excluding tert-OH is 1. The fourth-order valence-electron chi connectivity index (χ4n) is 4.29. The number of rotatable bonds is 8. The van der Waals surface area contributed by atoms with Crippen LogP contribution < -0.4 is 0 Å². The van der Waals surface area contributed by atoms with E-state index in [0.29, 0.717) is 5.56 Å². The Balaban J connectivity index is 1.55. The van der Waals surface area contributed by atoms with E-state index in [1.807, 2.05) is 24.3 Å². The van der Waals surface area contributed by atoms with Gasteiger partial charge in [-0.2, -0.15) is 0 Å². The van der Waals surface area contributed by atoms with Crippen molar-refractivity contribution in [3.05, 3.63) is 71.3 Å². The van der Waals surface area contributed by atoms with Crippen LogP contribution in [0.25, 0.3) is 0 Å². The van der Waals surface area contributed by atoms with Gasteiger partial charge in [0.05, 0.1) is 12.7 Å². The highest BCUT2D eigenvalue weighted by Crippen LogP contribution is 2.35. The average molecular weight is 382 g/mol. The zero-order chi connectivity index (χ0) is 19.8. The van der Waals surface area contributed by atoms with Crippen LogP contribution in [0.5, 0.6) is 0 Å². The summed E-state index contributed by atoms with van der Waals surface area (Å²) in [4.78, 5) is 14.0. The van der Waals surface area contributed by atoms with E-state index in [2.05, 4.69) is 35.2 Å². The first-order valence-electron chi connectivity index (χ1n) is 10.2. The third kappa shape index (κ3) is 5.43. The Hall–Kier alpha value is -2.17. The van der Waals surface area contributed by atoms with Crippen molar-refractivity contribution in [2.75, 3.05) is 26.8 Å². The number of likely N-dealkylation sites (tertiary alicyclic amines) is 1. The summed E-state index contributed by atoms with van der Waals surface area (Å²) in [5, 5.41) is 10.2. The Kier molecular flexibility index (Phi) is 7.24. The number of carbonyl (C=O) groups excluding carboxylic acids is 1. The molecule has 0 bridgehead atoms. The summed E-state index contributed by atoms with van der Waals surface area (Å²) in [5.74, 6) is -0.303. The average Bonchev–Trinajstić information content (AvgIpc) is 2.75. The summed E-state index contributed by atoms with van der Waals surface area (Å²) >= 11 is 0. The molecule has 150 valence electrons. The van der Waals surface area contributed by atoms with Crippen LogP contribution in [0.4, 0.5) is 0 Å². The van der Waals surface area contributed by atoms with Crippen molar-refractivity contribution in [1.82, 2.24) is 4.90 Å². The van der Waals surface area contributed by atoms with Gasteiger partial charge in [-0.1, -0.05) is 42.5 Å². The van der Waals surface area contributed by atoms with Gasteiger partial charge in [-0.25, -0.2) is 4.79 Å². The van der Waals surface area contributed by atoms with E-state index in [1.165, 1.54) is 18.2 Å². The molecule has 4 heteroatoms. The summed E-state index contributed by atoms with van der Waals surface area (Å²) in [7, 11) is 1.40. The first kappa shape index (κ1) is 20.6. The minimum Gasteiger partial charge on any atom is -0.465 e. The molecule has 0 aromatic heterocycles. The number of nitrogens with zero attached hydrogens (tertiary/aromatic N) is 1. The Bertz CT molecular complexity index is 744. The number of benzene rings is 2. The molecule has 0 saturated carbocycles. The number of aliphatic hydroxyl groups is 1. The number of ether oxygens (including phenoxy) is 1. The maximum absolute atomic E-state index is 11.6. The van der Waals surface area contributed by atoms with Gasteiger partial charge in [0.2, 0.25) is 0 Å². The molecule has 1 heterocycles. The Morgan fingerprint density at radius 1 is 1.11 bits per heavy atom. The van der Waals surface area contributed by atoms with Gasteiger partial charge in [0.15, 0.2) is 0 Å². The van der Waals surface area contributed by atoms with E-state index in [9.17, 15) is 9.90 Å². The monoisotopic (exact) mass is 381 g/mol. The molecule has 1 fully saturated rings. The van der Waals surface area contributed by atoms with Gasteiger partial charge in [0.25, 0.3) is 0 Å². The molecule has 4 nitrogen and oxygen atoms in total. The molecule has 0 spiro atoms. The van der Waals surface area contributed by atoms with Crippen molar-refractivity contribution in [1.29, 1.82) is 0 Å². The second kappa shape index (κ2) is 9.85. The van der Waals surface area contributed by atoms with Gasteiger partial charge in [-0.05, 0) is 61.9 Å². The molecule has 1 atom stereocenters. The molecular weight excluding hydrogens is 350 g/mol. The molecule has 1 saturated heterocycles. The number of esters is 1. The minimum atomic E-state index is -0.303. The first-order chi connectivity index (χ1) is 13.6. The number of hydrogen-bond acceptors (Lipinski definition) is 4. The summed E-state index contributed by atoms with van der Waals surface area (Å²) in [6.07, 6.45) is 5.43. The van der Waals surface area contributed by atoms with Crippen molar-refractivity contribution < 1.29 is 14.6 Å². The van der Waals surface area contributed by atoms with E-state index in [-0.39, 0.29) is 18.0 Å². The molecule has 0 aliphatic carbocycles. The predicted octanol–water partition coefficient (Wildman–Crippen LogP) is 4.07. The van der Waals surface area contributed by atoms with Crippen LogP contribution in [0.3, 0.4) is 0 Å². The van der Waals surface area contributed by atoms with Gasteiger partial charge in [-0.15, -0.1) is 0 Å². The van der Waals surface area contributed by atoms with E-state index in [0.717, 1.165) is 51.7 Å². The van der Waals surface area contributed by atoms with Crippen LogP contribution in [0.1, 0.15) is 47.2 Å². The van der Waals surface area contributed by atoms with Crippen LogP contribution >= 0.6 is 0 Å². The van der Waals surface area contributed by atoms with E-state index < -0.39 is 0 Å². The van der Waals surface area contributed by atoms with E-state index in [1.54, 1.807) is 0 Å². The summed E-state index contributed by atoms with van der Waals surface area (Å²) in [6, 6.07) is 18.2. The molecular formula is C24H31NO3. The van der Waals surface area contributed by atoms with Gasteiger partial charge in [-0.3, -0.25) is 4.90 Å². The third-order valence-corrected chi connectivity index (χ3v) is 5.87. The Labute approximate surface area is 168 Å². The zero-order valence-corrected chi connectivity index (χ0v) is 16.8. The fourth-order valence-corrected chi connectivity index (χ4v) is 4.29. The second-order valence-corrected chi connectivity index (χ2v) is 8.00. The van der Waals surface area contributed by atoms with Crippen molar-refractivity contribution in [2.45, 2.75) is 38.6 Å².